The number of nitrogen functional groups attached to an aromatic ring is 1. The highest BCUT2D eigenvalue weighted by atomic mass is 35.5. The van der Waals surface area contributed by atoms with E-state index in [9.17, 15) is 9.18 Å². The molecule has 3 aromatic heterocycles. The van der Waals surface area contributed by atoms with E-state index < -0.39 is 18.1 Å². The number of fused-ring (bicyclic) bond motifs is 2. The molecule has 1 amide bonds. The minimum Gasteiger partial charge on any atom is -0.381 e. The lowest BCUT2D eigenvalue weighted by Crippen LogP contribution is -2.30. The zero-order valence-electron chi connectivity index (χ0n) is 16.6. The number of carbonyl (C=O) groups excluding carboxylic acids is 1. The first-order valence-corrected chi connectivity index (χ1v) is 10.3. The second-order valence-corrected chi connectivity index (χ2v) is 8.04. The largest absolute Gasteiger partial charge is 0.381 e. The van der Waals surface area contributed by atoms with Crippen molar-refractivity contribution in [1.82, 2.24) is 30.1 Å². The SMILES string of the molecule is CC(NC(=O)c1c(N)nn2cccnc12)c1cc(Cl)c2cn[nH]c2c1N1CC[C@H](F)C1. The van der Waals surface area contributed by atoms with Gasteiger partial charge < -0.3 is 16.0 Å². The lowest BCUT2D eigenvalue weighted by Gasteiger charge is -2.26. The lowest BCUT2D eigenvalue weighted by molar-refractivity contribution is 0.0942. The Bertz CT molecular complexity index is 1300. The summed E-state index contributed by atoms with van der Waals surface area (Å²) in [5.74, 6) is -0.319. The first-order valence-electron chi connectivity index (χ1n) is 9.88. The number of H-pyrrole nitrogens is 1. The summed E-state index contributed by atoms with van der Waals surface area (Å²) in [7, 11) is 0. The van der Waals surface area contributed by atoms with Gasteiger partial charge in [-0.25, -0.2) is 13.9 Å². The molecule has 1 aromatic carbocycles. The van der Waals surface area contributed by atoms with E-state index in [0.717, 1.165) is 22.2 Å². The quantitative estimate of drug-likeness (QED) is 0.447. The van der Waals surface area contributed by atoms with Gasteiger partial charge in [-0.1, -0.05) is 11.6 Å². The molecule has 0 aliphatic carbocycles. The monoisotopic (exact) mass is 442 g/mol. The minimum absolute atomic E-state index is 0.0884. The lowest BCUT2D eigenvalue weighted by atomic mass is 10.0. The fourth-order valence-corrected chi connectivity index (χ4v) is 4.40. The smallest absolute Gasteiger partial charge is 0.259 e. The molecule has 4 heterocycles. The van der Waals surface area contributed by atoms with Crippen molar-refractivity contribution >= 4 is 45.6 Å². The van der Waals surface area contributed by atoms with E-state index >= 15 is 0 Å². The highest BCUT2D eigenvalue weighted by Crippen LogP contribution is 2.39. The number of aromatic amines is 1. The average Bonchev–Trinajstić information content (AvgIpc) is 3.45. The molecule has 2 atom stereocenters. The van der Waals surface area contributed by atoms with Crippen LogP contribution in [0.15, 0.2) is 30.7 Å². The number of nitrogens with zero attached hydrogens (tertiary/aromatic N) is 5. The van der Waals surface area contributed by atoms with Crippen molar-refractivity contribution in [2.24, 2.45) is 0 Å². The molecule has 1 aliphatic heterocycles. The molecule has 31 heavy (non-hydrogen) atoms. The molecule has 160 valence electrons. The van der Waals surface area contributed by atoms with E-state index in [4.69, 9.17) is 17.3 Å². The van der Waals surface area contributed by atoms with E-state index in [1.807, 2.05) is 11.8 Å². The van der Waals surface area contributed by atoms with Gasteiger partial charge in [-0.15, -0.1) is 5.10 Å². The van der Waals surface area contributed by atoms with E-state index in [-0.39, 0.29) is 17.9 Å². The Labute approximate surface area is 181 Å². The first kappa shape index (κ1) is 19.6. The van der Waals surface area contributed by atoms with Crippen molar-refractivity contribution in [3.8, 4) is 0 Å². The Morgan fingerprint density at radius 1 is 1.48 bits per heavy atom. The molecule has 1 unspecified atom stereocenters. The number of nitrogens with one attached hydrogen (secondary N) is 2. The predicted molar refractivity (Wildman–Crippen MR) is 116 cm³/mol. The molecule has 4 N–H and O–H groups in total. The molecular weight excluding hydrogens is 423 g/mol. The van der Waals surface area contributed by atoms with Crippen LogP contribution in [-0.4, -0.2) is 50.0 Å². The van der Waals surface area contributed by atoms with Gasteiger partial charge in [0, 0.05) is 36.4 Å². The van der Waals surface area contributed by atoms with Crippen LogP contribution in [0.1, 0.15) is 35.3 Å². The van der Waals surface area contributed by atoms with Crippen molar-refractivity contribution < 1.29 is 9.18 Å². The second-order valence-electron chi connectivity index (χ2n) is 7.63. The van der Waals surface area contributed by atoms with Crippen molar-refractivity contribution in [2.75, 3.05) is 23.7 Å². The van der Waals surface area contributed by atoms with Crippen LogP contribution in [0, 0.1) is 0 Å². The van der Waals surface area contributed by atoms with Crippen LogP contribution in [0.5, 0.6) is 0 Å². The summed E-state index contributed by atoms with van der Waals surface area (Å²) >= 11 is 6.49. The predicted octanol–water partition coefficient (Wildman–Crippen LogP) is 2.88. The van der Waals surface area contributed by atoms with E-state index in [2.05, 4.69) is 25.6 Å². The number of benzene rings is 1. The molecule has 1 saturated heterocycles. The fourth-order valence-electron chi connectivity index (χ4n) is 4.13. The number of rotatable bonds is 4. The zero-order valence-corrected chi connectivity index (χ0v) is 17.4. The average molecular weight is 443 g/mol. The van der Waals surface area contributed by atoms with Crippen molar-refractivity contribution in [3.63, 3.8) is 0 Å². The molecule has 11 heteroatoms. The summed E-state index contributed by atoms with van der Waals surface area (Å²) in [5.41, 5.74) is 8.81. The maximum atomic E-state index is 14.0. The van der Waals surface area contributed by atoms with Crippen LogP contribution in [0.25, 0.3) is 16.6 Å². The number of nitrogens with two attached hydrogens (primary N) is 1. The van der Waals surface area contributed by atoms with Crippen LogP contribution >= 0.6 is 11.6 Å². The summed E-state index contributed by atoms with van der Waals surface area (Å²) < 4.78 is 15.5. The molecule has 1 aliphatic rings. The van der Waals surface area contributed by atoms with Crippen LogP contribution in [0.3, 0.4) is 0 Å². The number of hydrogen-bond donors (Lipinski definition) is 3. The maximum Gasteiger partial charge on any atom is 0.259 e. The number of hydrogen-bond acceptors (Lipinski definition) is 6. The normalized spacial score (nSPS) is 17.5. The minimum atomic E-state index is -0.906. The second kappa shape index (κ2) is 7.38. The summed E-state index contributed by atoms with van der Waals surface area (Å²) in [4.78, 5) is 19.3. The summed E-state index contributed by atoms with van der Waals surface area (Å²) in [5, 5.41) is 15.4. The number of amides is 1. The molecule has 1 fully saturated rings. The van der Waals surface area contributed by atoms with Gasteiger partial charge in [-0.05, 0) is 25.5 Å². The molecule has 4 aromatic rings. The first-order chi connectivity index (χ1) is 14.9. The highest BCUT2D eigenvalue weighted by Gasteiger charge is 2.29. The van der Waals surface area contributed by atoms with E-state index in [0.29, 0.717) is 23.6 Å². The fraction of sp³-hybridized carbons (Fsp3) is 0.300. The number of anilines is 2. The highest BCUT2D eigenvalue weighted by molar-refractivity contribution is 6.36. The molecule has 0 saturated carbocycles. The number of aromatic nitrogens is 5. The van der Waals surface area contributed by atoms with Crippen LogP contribution in [0.2, 0.25) is 5.02 Å². The van der Waals surface area contributed by atoms with Crippen LogP contribution in [-0.2, 0) is 0 Å². The van der Waals surface area contributed by atoms with Gasteiger partial charge in [0.2, 0.25) is 0 Å². The topological polar surface area (TPSA) is 117 Å². The summed E-state index contributed by atoms with van der Waals surface area (Å²) in [6, 6.07) is 3.04. The van der Waals surface area contributed by atoms with Crippen molar-refractivity contribution in [1.29, 1.82) is 0 Å². The molecule has 0 bridgehead atoms. The number of halogens is 2. The van der Waals surface area contributed by atoms with Gasteiger partial charge in [0.15, 0.2) is 11.5 Å². The third-order valence-electron chi connectivity index (χ3n) is 5.60. The molecule has 0 spiro atoms. The number of carbonyl (C=O) groups is 1. The van der Waals surface area contributed by atoms with Crippen molar-refractivity contribution in [3.05, 3.63) is 46.9 Å². The number of alkyl halides is 1. The van der Waals surface area contributed by atoms with Gasteiger partial charge in [0.05, 0.1) is 28.5 Å². The standard InChI is InChI=1S/C20H20ClFN8O/c1-10(26-20(31)15-18(23)28-30-5-2-4-24-19(15)30)12-7-14(21)13-8-25-27-16(13)17(12)29-6-3-11(22)9-29/h2,4-5,7-8,10-11H,3,6,9H2,1H3,(H2,23,28)(H,25,27)(H,26,31)/t10?,11-/m0/s1. The van der Waals surface area contributed by atoms with Gasteiger partial charge in [-0.3, -0.25) is 9.89 Å². The van der Waals surface area contributed by atoms with Gasteiger partial charge in [-0.2, -0.15) is 5.10 Å². The van der Waals surface area contributed by atoms with Crippen LogP contribution in [0.4, 0.5) is 15.9 Å². The van der Waals surface area contributed by atoms with Gasteiger partial charge in [0.1, 0.15) is 11.7 Å². The molecule has 5 rings (SSSR count). The molecule has 9 nitrogen and oxygen atoms in total. The van der Waals surface area contributed by atoms with E-state index in [1.165, 1.54) is 4.52 Å². The Kier molecular flexibility index (Phi) is 4.66. The summed E-state index contributed by atoms with van der Waals surface area (Å²) in [6.07, 6.45) is 4.42. The van der Waals surface area contributed by atoms with E-state index in [1.54, 1.807) is 30.7 Å². The summed E-state index contributed by atoms with van der Waals surface area (Å²) in [6.45, 7) is 2.68. The third kappa shape index (κ3) is 3.23. The Morgan fingerprint density at radius 3 is 3.10 bits per heavy atom. The zero-order chi connectivity index (χ0) is 21.7. The van der Waals surface area contributed by atoms with Gasteiger partial charge >= 0.3 is 0 Å². The third-order valence-corrected chi connectivity index (χ3v) is 5.91. The Morgan fingerprint density at radius 2 is 2.32 bits per heavy atom. The van der Waals surface area contributed by atoms with Gasteiger partial charge in [0.25, 0.3) is 5.91 Å². The maximum absolute atomic E-state index is 14.0. The molecule has 0 radical (unpaired) electrons. The van der Waals surface area contributed by atoms with Crippen molar-refractivity contribution in [2.45, 2.75) is 25.6 Å². The Balaban J connectivity index is 1.54. The van der Waals surface area contributed by atoms with Crippen LogP contribution < -0.4 is 16.0 Å². The molecular formula is C20H20ClFN8O. The Hall–Kier alpha value is -3.40.